The molecule has 0 saturated carbocycles. The first-order valence-electron chi connectivity index (χ1n) is 7.63. The number of barbiturate groups is 1. The lowest BCUT2D eigenvalue weighted by atomic mass is 10.1. The molecule has 1 fully saturated rings. The number of rotatable bonds is 4. The fourth-order valence-corrected chi connectivity index (χ4v) is 2.94. The SMILES string of the molecule is COc1ccc(N2C(=O)NC(=O)[C@@H](C=Nc3ccccc3I)C2=O)cc1. The average molecular weight is 463 g/mol. The van der Waals surface area contributed by atoms with Crippen molar-refractivity contribution in [2.45, 2.75) is 0 Å². The minimum atomic E-state index is -1.19. The highest BCUT2D eigenvalue weighted by molar-refractivity contribution is 14.1. The van der Waals surface area contributed by atoms with Crippen molar-refractivity contribution in [3.63, 3.8) is 0 Å². The normalized spacial score (nSPS) is 17.5. The van der Waals surface area contributed by atoms with E-state index in [1.165, 1.54) is 13.3 Å². The van der Waals surface area contributed by atoms with Gasteiger partial charge in [-0.2, -0.15) is 0 Å². The van der Waals surface area contributed by atoms with Crippen molar-refractivity contribution in [1.29, 1.82) is 0 Å². The van der Waals surface area contributed by atoms with Gasteiger partial charge in [0, 0.05) is 9.78 Å². The molecule has 0 bridgehead atoms. The third kappa shape index (κ3) is 3.59. The second kappa shape index (κ2) is 7.65. The van der Waals surface area contributed by atoms with Crippen LogP contribution in [0.3, 0.4) is 0 Å². The molecule has 3 rings (SSSR count). The fourth-order valence-electron chi connectivity index (χ4n) is 2.41. The molecule has 0 aliphatic carbocycles. The predicted molar refractivity (Wildman–Crippen MR) is 105 cm³/mol. The summed E-state index contributed by atoms with van der Waals surface area (Å²) in [5.74, 6) is -1.95. The first kappa shape index (κ1) is 18.1. The second-order valence-corrected chi connectivity index (χ2v) is 6.54. The molecule has 0 radical (unpaired) electrons. The summed E-state index contributed by atoms with van der Waals surface area (Å²) in [6, 6.07) is 12.9. The van der Waals surface area contributed by atoms with Crippen LogP contribution in [0.1, 0.15) is 0 Å². The minimum absolute atomic E-state index is 0.341. The van der Waals surface area contributed by atoms with E-state index in [4.69, 9.17) is 4.74 Å². The molecule has 1 aliphatic heterocycles. The van der Waals surface area contributed by atoms with E-state index in [0.717, 1.165) is 8.47 Å². The number of hydrogen-bond acceptors (Lipinski definition) is 5. The number of halogens is 1. The highest BCUT2D eigenvalue weighted by atomic mass is 127. The molecule has 7 nitrogen and oxygen atoms in total. The molecule has 1 aliphatic rings. The van der Waals surface area contributed by atoms with Gasteiger partial charge in [-0.3, -0.25) is 19.9 Å². The van der Waals surface area contributed by atoms with Gasteiger partial charge in [0.1, 0.15) is 5.75 Å². The van der Waals surface area contributed by atoms with E-state index < -0.39 is 23.8 Å². The first-order valence-corrected chi connectivity index (χ1v) is 8.70. The minimum Gasteiger partial charge on any atom is -0.497 e. The highest BCUT2D eigenvalue weighted by Gasteiger charge is 2.40. The molecule has 0 aromatic heterocycles. The lowest BCUT2D eigenvalue weighted by molar-refractivity contribution is -0.131. The summed E-state index contributed by atoms with van der Waals surface area (Å²) in [4.78, 5) is 42.1. The van der Waals surface area contributed by atoms with Crippen molar-refractivity contribution in [3.8, 4) is 5.75 Å². The van der Waals surface area contributed by atoms with Gasteiger partial charge in [-0.05, 0) is 59.0 Å². The first-order chi connectivity index (χ1) is 12.5. The van der Waals surface area contributed by atoms with E-state index in [1.54, 1.807) is 30.3 Å². The summed E-state index contributed by atoms with van der Waals surface area (Å²) in [7, 11) is 1.52. The van der Waals surface area contributed by atoms with E-state index in [0.29, 0.717) is 17.1 Å². The molecule has 26 heavy (non-hydrogen) atoms. The lowest BCUT2D eigenvalue weighted by Crippen LogP contribution is -2.58. The van der Waals surface area contributed by atoms with Crippen molar-refractivity contribution in [1.82, 2.24) is 5.32 Å². The van der Waals surface area contributed by atoms with Crippen LogP contribution in [0.4, 0.5) is 16.2 Å². The number of carbonyl (C=O) groups is 3. The Labute approximate surface area is 163 Å². The maximum atomic E-state index is 12.7. The van der Waals surface area contributed by atoms with Crippen LogP contribution in [-0.2, 0) is 9.59 Å². The predicted octanol–water partition coefficient (Wildman–Crippen LogP) is 2.90. The zero-order valence-corrected chi connectivity index (χ0v) is 15.8. The molecular formula is C18H14IN3O4. The van der Waals surface area contributed by atoms with Crippen LogP contribution in [0.5, 0.6) is 5.75 Å². The largest absolute Gasteiger partial charge is 0.497 e. The summed E-state index contributed by atoms with van der Waals surface area (Å²) in [5, 5.41) is 2.19. The van der Waals surface area contributed by atoms with Crippen LogP contribution in [-0.4, -0.2) is 31.2 Å². The van der Waals surface area contributed by atoms with Gasteiger partial charge in [0.2, 0.25) is 5.91 Å². The van der Waals surface area contributed by atoms with E-state index in [9.17, 15) is 14.4 Å². The Morgan fingerprint density at radius 3 is 2.46 bits per heavy atom. The molecule has 2 aromatic rings. The van der Waals surface area contributed by atoms with Gasteiger partial charge in [0.05, 0.1) is 18.5 Å². The smallest absolute Gasteiger partial charge is 0.335 e. The Hall–Kier alpha value is -2.75. The molecular weight excluding hydrogens is 449 g/mol. The number of anilines is 1. The number of aliphatic imine (C=N–C) groups is 1. The van der Waals surface area contributed by atoms with Crippen molar-refractivity contribution in [2.75, 3.05) is 12.0 Å². The molecule has 8 heteroatoms. The van der Waals surface area contributed by atoms with E-state index in [2.05, 4.69) is 32.9 Å². The molecule has 1 N–H and O–H groups in total. The van der Waals surface area contributed by atoms with Crippen molar-refractivity contribution >= 4 is 58.0 Å². The van der Waals surface area contributed by atoms with Crippen LogP contribution in [0.15, 0.2) is 53.5 Å². The zero-order chi connectivity index (χ0) is 18.7. The van der Waals surface area contributed by atoms with Crippen LogP contribution >= 0.6 is 22.6 Å². The van der Waals surface area contributed by atoms with Crippen molar-refractivity contribution in [3.05, 3.63) is 52.1 Å². The van der Waals surface area contributed by atoms with Gasteiger partial charge in [0.25, 0.3) is 5.91 Å². The molecule has 2 aromatic carbocycles. The fraction of sp³-hybridized carbons (Fsp3) is 0.111. The lowest BCUT2D eigenvalue weighted by Gasteiger charge is -2.28. The molecule has 0 unspecified atom stereocenters. The van der Waals surface area contributed by atoms with Gasteiger partial charge in [0.15, 0.2) is 5.92 Å². The maximum absolute atomic E-state index is 12.7. The van der Waals surface area contributed by atoms with E-state index in [1.807, 2.05) is 18.2 Å². The number of nitrogens with zero attached hydrogens (tertiary/aromatic N) is 2. The third-order valence-corrected chi connectivity index (χ3v) is 4.66. The number of carbonyl (C=O) groups excluding carboxylic acids is 3. The Bertz CT molecular complexity index is 896. The van der Waals surface area contributed by atoms with Crippen LogP contribution in [0.2, 0.25) is 0 Å². The highest BCUT2D eigenvalue weighted by Crippen LogP contribution is 2.24. The van der Waals surface area contributed by atoms with Crippen LogP contribution in [0, 0.1) is 9.49 Å². The molecule has 0 spiro atoms. The van der Waals surface area contributed by atoms with Gasteiger partial charge in [-0.1, -0.05) is 12.1 Å². The Morgan fingerprint density at radius 1 is 1.12 bits per heavy atom. The molecule has 4 amide bonds. The number of urea groups is 1. The summed E-state index contributed by atoms with van der Waals surface area (Å²) in [6.45, 7) is 0. The Morgan fingerprint density at radius 2 is 1.81 bits per heavy atom. The topological polar surface area (TPSA) is 88.1 Å². The average Bonchev–Trinajstić information content (AvgIpc) is 2.63. The number of hydrogen-bond donors (Lipinski definition) is 1. The van der Waals surface area contributed by atoms with E-state index >= 15 is 0 Å². The maximum Gasteiger partial charge on any atom is 0.335 e. The monoisotopic (exact) mass is 463 g/mol. The Kier molecular flexibility index (Phi) is 5.31. The number of imide groups is 2. The Balaban J connectivity index is 1.89. The molecule has 1 atom stereocenters. The number of methoxy groups -OCH3 is 1. The summed E-state index contributed by atoms with van der Waals surface area (Å²) < 4.78 is 5.95. The standard InChI is InChI=1S/C18H14IN3O4/c1-26-12-8-6-11(7-9-12)22-17(24)13(16(23)21-18(22)25)10-20-15-5-3-2-4-14(15)19/h2-10,13H,1H3,(H,21,23,25)/t13-/m1/s1. The molecule has 1 heterocycles. The number of ether oxygens (including phenoxy) is 1. The molecule has 1 saturated heterocycles. The molecule has 132 valence electrons. The second-order valence-electron chi connectivity index (χ2n) is 5.37. The van der Waals surface area contributed by atoms with Gasteiger partial charge >= 0.3 is 6.03 Å². The van der Waals surface area contributed by atoms with Crippen molar-refractivity contribution in [2.24, 2.45) is 10.9 Å². The van der Waals surface area contributed by atoms with Crippen LogP contribution < -0.4 is 15.0 Å². The summed E-state index contributed by atoms with van der Waals surface area (Å²) in [6.07, 6.45) is 1.26. The summed E-state index contributed by atoms with van der Waals surface area (Å²) >= 11 is 2.11. The van der Waals surface area contributed by atoms with Crippen LogP contribution in [0.25, 0.3) is 0 Å². The zero-order valence-electron chi connectivity index (χ0n) is 13.7. The number of amides is 4. The number of benzene rings is 2. The summed E-state index contributed by atoms with van der Waals surface area (Å²) in [5.41, 5.74) is 0.982. The van der Waals surface area contributed by atoms with Gasteiger partial charge in [-0.15, -0.1) is 0 Å². The van der Waals surface area contributed by atoms with Gasteiger partial charge in [-0.25, -0.2) is 9.69 Å². The number of nitrogens with one attached hydrogen (secondary N) is 1. The number of para-hydroxylation sites is 1. The van der Waals surface area contributed by atoms with Crippen molar-refractivity contribution < 1.29 is 19.1 Å². The van der Waals surface area contributed by atoms with Gasteiger partial charge < -0.3 is 4.74 Å². The quantitative estimate of drug-likeness (QED) is 0.429. The van der Waals surface area contributed by atoms with E-state index in [-0.39, 0.29) is 0 Å². The third-order valence-electron chi connectivity index (χ3n) is 3.75.